The van der Waals surface area contributed by atoms with Crippen LogP contribution in [0.25, 0.3) is 0 Å². The van der Waals surface area contributed by atoms with E-state index in [1.807, 2.05) is 16.9 Å². The molecule has 2 saturated heterocycles. The van der Waals surface area contributed by atoms with E-state index in [0.717, 1.165) is 32.2 Å². The second-order valence-electron chi connectivity index (χ2n) is 5.84. The van der Waals surface area contributed by atoms with E-state index in [1.165, 1.54) is 0 Å². The van der Waals surface area contributed by atoms with Crippen molar-refractivity contribution in [3.05, 3.63) is 18.5 Å². The van der Waals surface area contributed by atoms with Crippen LogP contribution in [0.3, 0.4) is 0 Å². The van der Waals surface area contributed by atoms with Gasteiger partial charge < -0.3 is 4.74 Å². The Morgan fingerprint density at radius 1 is 1.18 bits per heavy atom. The van der Waals surface area contributed by atoms with Crippen LogP contribution in [0.2, 0.25) is 0 Å². The lowest BCUT2D eigenvalue weighted by Gasteiger charge is -2.39. The summed E-state index contributed by atoms with van der Waals surface area (Å²) < 4.78 is 36.2. The molecular formula is C14H24N4O3S. The minimum absolute atomic E-state index is 0.0748. The molecule has 0 radical (unpaired) electrons. The van der Waals surface area contributed by atoms with Crippen molar-refractivity contribution in [3.8, 4) is 0 Å². The minimum Gasteiger partial charge on any atom is -0.379 e. The summed E-state index contributed by atoms with van der Waals surface area (Å²) in [6.07, 6.45) is 7.46. The summed E-state index contributed by atoms with van der Waals surface area (Å²) in [5.41, 5.74) is 0. The van der Waals surface area contributed by atoms with Gasteiger partial charge in [-0.25, -0.2) is 0 Å². The number of aryl methyl sites for hydroxylation is 1. The van der Waals surface area contributed by atoms with Crippen LogP contribution >= 0.6 is 0 Å². The molecule has 7 nitrogen and oxygen atoms in total. The van der Waals surface area contributed by atoms with E-state index < -0.39 is 10.2 Å². The molecule has 0 amide bonds. The summed E-state index contributed by atoms with van der Waals surface area (Å²) in [5, 5.41) is 4.20. The van der Waals surface area contributed by atoms with Crippen molar-refractivity contribution in [2.45, 2.75) is 38.3 Å². The van der Waals surface area contributed by atoms with Gasteiger partial charge in [-0.1, -0.05) is 6.42 Å². The normalized spacial score (nSPS) is 25.4. The van der Waals surface area contributed by atoms with Crippen molar-refractivity contribution in [1.82, 2.24) is 18.4 Å². The van der Waals surface area contributed by atoms with Crippen LogP contribution in [-0.4, -0.2) is 65.7 Å². The van der Waals surface area contributed by atoms with Gasteiger partial charge in [0, 0.05) is 44.6 Å². The largest absolute Gasteiger partial charge is 0.379 e. The first kappa shape index (κ1) is 15.9. The lowest BCUT2D eigenvalue weighted by molar-refractivity contribution is 0.0679. The molecule has 22 heavy (non-hydrogen) atoms. The number of piperidine rings is 1. The van der Waals surface area contributed by atoms with Crippen molar-refractivity contribution in [2.75, 3.05) is 32.8 Å². The predicted molar refractivity (Wildman–Crippen MR) is 82.5 cm³/mol. The van der Waals surface area contributed by atoms with Crippen molar-refractivity contribution in [1.29, 1.82) is 0 Å². The highest BCUT2D eigenvalue weighted by atomic mass is 32.2. The van der Waals surface area contributed by atoms with Gasteiger partial charge in [0.15, 0.2) is 0 Å². The van der Waals surface area contributed by atoms with E-state index in [2.05, 4.69) is 5.10 Å². The molecule has 124 valence electrons. The molecule has 3 heterocycles. The fourth-order valence-corrected chi connectivity index (χ4v) is 5.06. The summed E-state index contributed by atoms with van der Waals surface area (Å²) >= 11 is 0. The van der Waals surface area contributed by atoms with Crippen molar-refractivity contribution in [3.63, 3.8) is 0 Å². The number of rotatable bonds is 5. The van der Waals surface area contributed by atoms with Crippen LogP contribution in [0.5, 0.6) is 0 Å². The molecule has 1 aromatic heterocycles. The third-order valence-corrected chi connectivity index (χ3v) is 6.51. The van der Waals surface area contributed by atoms with Gasteiger partial charge in [0.05, 0.1) is 13.2 Å². The number of nitrogens with zero attached hydrogens (tertiary/aromatic N) is 4. The van der Waals surface area contributed by atoms with Crippen LogP contribution in [0, 0.1) is 0 Å². The molecule has 1 atom stereocenters. The maximum absolute atomic E-state index is 12.9. The molecule has 0 aliphatic carbocycles. The van der Waals surface area contributed by atoms with Crippen LogP contribution in [0.15, 0.2) is 18.5 Å². The molecule has 1 aromatic rings. The van der Waals surface area contributed by atoms with Crippen molar-refractivity contribution in [2.24, 2.45) is 0 Å². The van der Waals surface area contributed by atoms with E-state index in [0.29, 0.717) is 32.8 Å². The Bertz CT molecular complexity index is 555. The zero-order chi connectivity index (χ0) is 15.4. The number of hydrogen-bond donors (Lipinski definition) is 0. The van der Waals surface area contributed by atoms with E-state index in [1.54, 1.807) is 14.8 Å². The summed E-state index contributed by atoms with van der Waals surface area (Å²) in [5.74, 6) is 0. The fraction of sp³-hybridized carbons (Fsp3) is 0.786. The number of ether oxygens (including phenoxy) is 1. The lowest BCUT2D eigenvalue weighted by atomic mass is 10.0. The van der Waals surface area contributed by atoms with E-state index >= 15 is 0 Å². The zero-order valence-corrected chi connectivity index (χ0v) is 13.6. The van der Waals surface area contributed by atoms with E-state index in [4.69, 9.17) is 4.74 Å². The van der Waals surface area contributed by atoms with Gasteiger partial charge in [-0.05, 0) is 25.3 Å². The number of hydrogen-bond acceptors (Lipinski definition) is 4. The fourth-order valence-electron chi connectivity index (χ4n) is 3.21. The maximum Gasteiger partial charge on any atom is 0.282 e. The third-order valence-electron chi connectivity index (χ3n) is 4.42. The highest BCUT2D eigenvalue weighted by molar-refractivity contribution is 7.86. The van der Waals surface area contributed by atoms with Gasteiger partial charge in [-0.15, -0.1) is 0 Å². The highest BCUT2D eigenvalue weighted by Crippen LogP contribution is 2.25. The van der Waals surface area contributed by atoms with Gasteiger partial charge in [0.25, 0.3) is 10.2 Å². The first-order chi connectivity index (χ1) is 10.7. The monoisotopic (exact) mass is 328 g/mol. The number of morpholine rings is 1. The van der Waals surface area contributed by atoms with Crippen LogP contribution < -0.4 is 0 Å². The van der Waals surface area contributed by atoms with E-state index in [-0.39, 0.29) is 6.04 Å². The van der Waals surface area contributed by atoms with Gasteiger partial charge in [-0.2, -0.15) is 22.1 Å². The maximum atomic E-state index is 12.9. The topological polar surface area (TPSA) is 67.7 Å². The Hall–Kier alpha value is -0.960. The molecule has 2 fully saturated rings. The molecule has 0 aromatic carbocycles. The lowest BCUT2D eigenvalue weighted by Crippen LogP contribution is -2.53. The average Bonchev–Trinajstić information content (AvgIpc) is 3.07. The SMILES string of the molecule is O=S(=O)(N1CCOCC1)N1CCCC[C@H]1CCn1cccn1. The second kappa shape index (κ2) is 7.08. The Balaban J connectivity index is 1.68. The molecule has 0 unspecified atom stereocenters. The highest BCUT2D eigenvalue weighted by Gasteiger charge is 2.36. The molecule has 8 heteroatoms. The minimum atomic E-state index is -3.37. The van der Waals surface area contributed by atoms with Gasteiger partial charge >= 0.3 is 0 Å². The van der Waals surface area contributed by atoms with Gasteiger partial charge in [-0.3, -0.25) is 4.68 Å². The smallest absolute Gasteiger partial charge is 0.282 e. The molecular weight excluding hydrogens is 304 g/mol. The van der Waals surface area contributed by atoms with Crippen LogP contribution in [-0.2, 0) is 21.5 Å². The molecule has 0 saturated carbocycles. The van der Waals surface area contributed by atoms with Crippen molar-refractivity contribution >= 4 is 10.2 Å². The molecule has 3 rings (SSSR count). The summed E-state index contributed by atoms with van der Waals surface area (Å²) in [4.78, 5) is 0. The predicted octanol–water partition coefficient (Wildman–Crippen LogP) is 0.705. The second-order valence-corrected chi connectivity index (χ2v) is 7.72. The van der Waals surface area contributed by atoms with Gasteiger partial charge in [0.1, 0.15) is 0 Å². The van der Waals surface area contributed by atoms with E-state index in [9.17, 15) is 8.42 Å². The summed E-state index contributed by atoms with van der Waals surface area (Å²) in [6, 6.07) is 1.97. The van der Waals surface area contributed by atoms with Gasteiger partial charge in [0.2, 0.25) is 0 Å². The molecule has 0 N–H and O–H groups in total. The van der Waals surface area contributed by atoms with Crippen LogP contribution in [0.4, 0.5) is 0 Å². The summed E-state index contributed by atoms with van der Waals surface area (Å²) in [7, 11) is -3.37. The molecule has 2 aliphatic heterocycles. The molecule has 2 aliphatic rings. The van der Waals surface area contributed by atoms with Crippen molar-refractivity contribution < 1.29 is 13.2 Å². The average molecular weight is 328 g/mol. The quantitative estimate of drug-likeness (QED) is 0.798. The Morgan fingerprint density at radius 2 is 2.00 bits per heavy atom. The Labute approximate surface area is 132 Å². The first-order valence-electron chi connectivity index (χ1n) is 8.00. The van der Waals surface area contributed by atoms with Crippen LogP contribution in [0.1, 0.15) is 25.7 Å². The zero-order valence-electron chi connectivity index (χ0n) is 12.8. The Kier molecular flexibility index (Phi) is 5.12. The third kappa shape index (κ3) is 3.51. The molecule has 0 bridgehead atoms. The summed E-state index contributed by atoms with van der Waals surface area (Å²) in [6.45, 7) is 3.29. The first-order valence-corrected chi connectivity index (χ1v) is 9.40. The standard InChI is InChI=1S/C14H24N4O3S/c19-22(20,17-10-12-21-13-11-17)18-8-2-1-4-14(18)5-9-16-7-3-6-15-16/h3,6-7,14H,1-2,4-5,8-13H2/t14-/m0/s1. The Morgan fingerprint density at radius 3 is 2.73 bits per heavy atom. The number of aromatic nitrogens is 2. The molecule has 0 spiro atoms.